The number of amides is 3. The Balaban J connectivity index is 1.68. The molecule has 35 heavy (non-hydrogen) atoms. The van der Waals surface area contributed by atoms with E-state index in [2.05, 4.69) is 10.6 Å². The molecule has 0 aromatic heterocycles. The van der Waals surface area contributed by atoms with E-state index in [0.29, 0.717) is 13.1 Å². The van der Waals surface area contributed by atoms with Crippen LogP contribution in [0.1, 0.15) is 59.9 Å². The first-order chi connectivity index (χ1) is 16.3. The minimum Gasteiger partial charge on any atom is -0.445 e. The number of hydrogen-bond acceptors (Lipinski definition) is 6. The Morgan fingerprint density at radius 2 is 1.29 bits per heavy atom. The van der Waals surface area contributed by atoms with E-state index in [1.54, 1.807) is 4.90 Å². The van der Waals surface area contributed by atoms with Crippen molar-refractivity contribution in [2.45, 2.75) is 84.3 Å². The van der Waals surface area contributed by atoms with Crippen LogP contribution in [0.3, 0.4) is 0 Å². The van der Waals surface area contributed by atoms with E-state index in [4.69, 9.17) is 14.2 Å². The molecule has 3 rings (SSSR count). The lowest BCUT2D eigenvalue weighted by Crippen LogP contribution is -2.44. The number of nitrogens with zero attached hydrogens (tertiary/aromatic N) is 1. The zero-order valence-electron chi connectivity index (χ0n) is 21.6. The molecular formula is C26H39N3O6. The van der Waals surface area contributed by atoms with Crippen LogP contribution in [0.25, 0.3) is 0 Å². The van der Waals surface area contributed by atoms with Gasteiger partial charge in [-0.2, -0.15) is 0 Å². The van der Waals surface area contributed by atoms with Crippen LogP contribution in [0.4, 0.5) is 14.4 Å². The van der Waals surface area contributed by atoms with E-state index in [0.717, 1.165) is 18.4 Å². The fourth-order valence-electron chi connectivity index (χ4n) is 4.95. The molecule has 0 aliphatic carbocycles. The van der Waals surface area contributed by atoms with Crippen molar-refractivity contribution in [2.24, 2.45) is 11.8 Å². The molecule has 2 N–H and O–H groups in total. The van der Waals surface area contributed by atoms with Gasteiger partial charge in [0, 0.05) is 37.0 Å². The fourth-order valence-corrected chi connectivity index (χ4v) is 4.95. The maximum absolute atomic E-state index is 13.1. The van der Waals surface area contributed by atoms with Crippen molar-refractivity contribution in [1.82, 2.24) is 15.5 Å². The summed E-state index contributed by atoms with van der Waals surface area (Å²) in [6.45, 7) is 11.7. The van der Waals surface area contributed by atoms with Crippen LogP contribution < -0.4 is 10.6 Å². The Kier molecular flexibility index (Phi) is 8.18. The molecule has 1 aromatic carbocycles. The van der Waals surface area contributed by atoms with Gasteiger partial charge in [0.15, 0.2) is 0 Å². The molecule has 3 amide bonds. The Hall–Kier alpha value is -2.97. The van der Waals surface area contributed by atoms with Gasteiger partial charge < -0.3 is 29.7 Å². The van der Waals surface area contributed by atoms with E-state index in [1.807, 2.05) is 71.9 Å². The molecule has 2 aliphatic heterocycles. The highest BCUT2D eigenvalue weighted by atomic mass is 16.6. The molecule has 9 heteroatoms. The lowest BCUT2D eigenvalue weighted by atomic mass is 9.79. The van der Waals surface area contributed by atoms with Crippen LogP contribution in [0.2, 0.25) is 0 Å². The summed E-state index contributed by atoms with van der Waals surface area (Å²) in [6.07, 6.45) is 0.252. The third kappa shape index (κ3) is 7.50. The fraction of sp³-hybridized carbons (Fsp3) is 0.654. The second kappa shape index (κ2) is 10.7. The molecule has 4 unspecified atom stereocenters. The summed E-state index contributed by atoms with van der Waals surface area (Å²) in [7, 11) is 0. The number of fused-ring (bicyclic) bond motifs is 2. The number of carbonyl (C=O) groups is 3. The van der Waals surface area contributed by atoms with Crippen molar-refractivity contribution in [1.29, 1.82) is 0 Å². The summed E-state index contributed by atoms with van der Waals surface area (Å²) < 4.78 is 16.4. The number of hydrogen-bond donors (Lipinski definition) is 2. The van der Waals surface area contributed by atoms with Crippen molar-refractivity contribution in [3.05, 3.63) is 35.9 Å². The van der Waals surface area contributed by atoms with Gasteiger partial charge in [-0.3, -0.25) is 0 Å². The summed E-state index contributed by atoms with van der Waals surface area (Å²) in [5.41, 5.74) is -0.299. The number of alkyl carbamates (subject to hydrolysis) is 2. The molecule has 2 fully saturated rings. The highest BCUT2D eigenvalue weighted by Crippen LogP contribution is 2.46. The van der Waals surface area contributed by atoms with Gasteiger partial charge in [0.25, 0.3) is 0 Å². The van der Waals surface area contributed by atoms with E-state index in [1.165, 1.54) is 0 Å². The van der Waals surface area contributed by atoms with E-state index < -0.39 is 23.4 Å². The molecule has 9 nitrogen and oxygen atoms in total. The first-order valence-electron chi connectivity index (χ1n) is 12.3. The molecule has 0 saturated carbocycles. The van der Waals surface area contributed by atoms with Gasteiger partial charge in [-0.25, -0.2) is 14.4 Å². The second-order valence-electron chi connectivity index (χ2n) is 11.3. The molecule has 0 spiro atoms. The van der Waals surface area contributed by atoms with Gasteiger partial charge in [0.2, 0.25) is 0 Å². The van der Waals surface area contributed by atoms with Crippen molar-refractivity contribution in [3.8, 4) is 0 Å². The third-order valence-electron chi connectivity index (χ3n) is 6.19. The maximum Gasteiger partial charge on any atom is 0.410 e. The van der Waals surface area contributed by atoms with Crippen LogP contribution in [0, 0.1) is 11.8 Å². The zero-order chi connectivity index (χ0) is 25.8. The summed E-state index contributed by atoms with van der Waals surface area (Å²) in [5.74, 6) is -0.110. The smallest absolute Gasteiger partial charge is 0.410 e. The van der Waals surface area contributed by atoms with Crippen LogP contribution in [0.5, 0.6) is 0 Å². The highest BCUT2D eigenvalue weighted by Gasteiger charge is 2.55. The summed E-state index contributed by atoms with van der Waals surface area (Å²) in [6, 6.07) is 9.35. The number of benzene rings is 1. The Labute approximate surface area is 207 Å². The van der Waals surface area contributed by atoms with Crippen LogP contribution >= 0.6 is 0 Å². The molecule has 1 aromatic rings. The predicted molar refractivity (Wildman–Crippen MR) is 131 cm³/mol. The first-order valence-corrected chi connectivity index (χ1v) is 12.3. The first kappa shape index (κ1) is 26.6. The Morgan fingerprint density at radius 1 is 0.829 bits per heavy atom. The zero-order valence-corrected chi connectivity index (χ0v) is 21.6. The van der Waals surface area contributed by atoms with Crippen LogP contribution in [-0.2, 0) is 20.8 Å². The van der Waals surface area contributed by atoms with Crippen molar-refractivity contribution in [2.75, 3.05) is 13.1 Å². The van der Waals surface area contributed by atoms with E-state index in [-0.39, 0.29) is 36.6 Å². The van der Waals surface area contributed by atoms with Gasteiger partial charge in [-0.15, -0.1) is 0 Å². The number of rotatable bonds is 6. The Morgan fingerprint density at radius 3 is 1.71 bits per heavy atom. The highest BCUT2D eigenvalue weighted by molar-refractivity contribution is 5.71. The van der Waals surface area contributed by atoms with Crippen molar-refractivity contribution < 1.29 is 28.6 Å². The quantitative estimate of drug-likeness (QED) is 0.572. The van der Waals surface area contributed by atoms with Gasteiger partial charge in [-0.1, -0.05) is 30.3 Å². The summed E-state index contributed by atoms with van der Waals surface area (Å²) in [5, 5.41) is 5.71. The molecule has 4 atom stereocenters. The average Bonchev–Trinajstić information content (AvgIpc) is 3.29. The van der Waals surface area contributed by atoms with Gasteiger partial charge in [0.05, 0.1) is 0 Å². The summed E-state index contributed by atoms with van der Waals surface area (Å²) >= 11 is 0. The van der Waals surface area contributed by atoms with Gasteiger partial charge in [-0.05, 0) is 59.9 Å². The predicted octanol–water partition coefficient (Wildman–Crippen LogP) is 4.45. The molecule has 0 radical (unpaired) electrons. The molecule has 2 heterocycles. The molecular weight excluding hydrogens is 450 g/mol. The third-order valence-corrected chi connectivity index (χ3v) is 6.19. The maximum atomic E-state index is 13.1. The number of carbonyl (C=O) groups excluding carboxylic acids is 3. The second-order valence-corrected chi connectivity index (χ2v) is 11.3. The SMILES string of the molecule is CC(C)(C)OC(=O)NCC1C(CNC(=O)OC(C)(C)C)C2CCC1N2C(=O)OCc1ccccc1. The van der Waals surface area contributed by atoms with Crippen molar-refractivity contribution in [3.63, 3.8) is 0 Å². The van der Waals surface area contributed by atoms with Crippen molar-refractivity contribution >= 4 is 18.3 Å². The van der Waals surface area contributed by atoms with Crippen LogP contribution in [-0.4, -0.2) is 59.6 Å². The monoisotopic (exact) mass is 489 g/mol. The summed E-state index contributed by atoms with van der Waals surface area (Å²) in [4.78, 5) is 39.5. The minimum atomic E-state index is -0.607. The molecule has 194 valence electrons. The number of nitrogens with one attached hydrogen (secondary N) is 2. The van der Waals surface area contributed by atoms with Gasteiger partial charge in [0.1, 0.15) is 17.8 Å². The molecule has 2 saturated heterocycles. The minimum absolute atomic E-state index is 0.0551. The topological polar surface area (TPSA) is 106 Å². The normalized spacial score (nSPS) is 23.5. The molecule has 2 bridgehead atoms. The van der Waals surface area contributed by atoms with Crippen LogP contribution in [0.15, 0.2) is 30.3 Å². The lowest BCUT2D eigenvalue weighted by Gasteiger charge is -2.30. The van der Waals surface area contributed by atoms with E-state index in [9.17, 15) is 14.4 Å². The van der Waals surface area contributed by atoms with E-state index >= 15 is 0 Å². The average molecular weight is 490 g/mol. The Bertz CT molecular complexity index is 847. The van der Waals surface area contributed by atoms with Gasteiger partial charge >= 0.3 is 18.3 Å². The lowest BCUT2D eigenvalue weighted by molar-refractivity contribution is 0.0479. The largest absolute Gasteiger partial charge is 0.445 e. The number of ether oxygens (including phenoxy) is 3. The molecule has 2 aliphatic rings. The standard InChI is InChI=1S/C26H39N3O6/c1-25(2,3)34-22(30)27-14-18-19(15-28-23(31)35-26(4,5)6)21-13-12-20(18)29(21)24(32)33-16-17-10-8-7-9-11-17/h7-11,18-21H,12-16H2,1-6H3,(H,27,30)(H,28,31).